The minimum absolute atomic E-state index is 0.0519. The Kier molecular flexibility index (Phi) is 6.89. The molecule has 0 saturated carbocycles. The van der Waals surface area contributed by atoms with Crippen LogP contribution in [0.4, 0.5) is 0 Å². The number of allylic oxidation sites excluding steroid dienone is 1. The number of ether oxygens (including phenoxy) is 3. The summed E-state index contributed by atoms with van der Waals surface area (Å²) in [4.78, 5) is 14.8. The number of benzene rings is 1. The lowest BCUT2D eigenvalue weighted by molar-refractivity contribution is -0.159. The molecule has 3 aliphatic rings. The van der Waals surface area contributed by atoms with Gasteiger partial charge in [-0.05, 0) is 56.0 Å². The molecule has 1 spiro atoms. The number of nitriles is 1. The van der Waals surface area contributed by atoms with E-state index >= 15 is 0 Å². The molecule has 1 unspecified atom stereocenters. The summed E-state index contributed by atoms with van der Waals surface area (Å²) in [5.74, 6) is 0.148. The van der Waals surface area contributed by atoms with Gasteiger partial charge in [0.05, 0.1) is 31.1 Å². The van der Waals surface area contributed by atoms with Crippen molar-refractivity contribution in [2.24, 2.45) is 0 Å². The lowest BCUT2D eigenvalue weighted by atomic mass is 9.92. The number of H-pyrrole nitrogens is 1. The molecular formula is C29H33N5O4. The van der Waals surface area contributed by atoms with Crippen LogP contribution in [0.15, 0.2) is 36.7 Å². The monoisotopic (exact) mass is 515 g/mol. The van der Waals surface area contributed by atoms with Gasteiger partial charge in [0.1, 0.15) is 29.9 Å². The van der Waals surface area contributed by atoms with Crippen LogP contribution in [-0.4, -0.2) is 75.8 Å². The van der Waals surface area contributed by atoms with E-state index in [1.807, 2.05) is 25.1 Å². The van der Waals surface area contributed by atoms with Crippen LogP contribution in [0.2, 0.25) is 0 Å². The van der Waals surface area contributed by atoms with E-state index in [1.165, 1.54) is 5.57 Å². The van der Waals surface area contributed by atoms with Crippen LogP contribution in [0.3, 0.4) is 0 Å². The van der Waals surface area contributed by atoms with Crippen LogP contribution in [0.25, 0.3) is 27.9 Å². The number of nitrogens with zero attached hydrogens (tertiary/aromatic N) is 4. The fourth-order valence-electron chi connectivity index (χ4n) is 5.75. The highest BCUT2D eigenvalue weighted by Gasteiger charge is 2.38. The minimum atomic E-state index is -0.452. The second-order valence-corrected chi connectivity index (χ2v) is 10.4. The summed E-state index contributed by atoms with van der Waals surface area (Å²) in [6.07, 6.45) is 7.97. The van der Waals surface area contributed by atoms with Crippen LogP contribution in [0.1, 0.15) is 50.3 Å². The first-order valence-corrected chi connectivity index (χ1v) is 13.4. The number of fused-ring (bicyclic) bond motifs is 1. The first-order chi connectivity index (χ1) is 18.6. The van der Waals surface area contributed by atoms with Crippen LogP contribution < -0.4 is 4.74 Å². The fourth-order valence-corrected chi connectivity index (χ4v) is 5.75. The Bertz CT molecular complexity index is 1380. The SMILES string of the molecule is CC(CO)N1CCC(Oc2ccc(-c3ncnc4[nH]c(C5=CCC6(CC5)OCCO6)cc34)cc2C#N)CC1. The smallest absolute Gasteiger partial charge is 0.172 e. The van der Waals surface area contributed by atoms with Gasteiger partial charge in [-0.2, -0.15) is 5.26 Å². The van der Waals surface area contributed by atoms with E-state index in [4.69, 9.17) is 14.2 Å². The van der Waals surface area contributed by atoms with Crippen molar-refractivity contribution in [2.75, 3.05) is 32.9 Å². The maximum Gasteiger partial charge on any atom is 0.172 e. The Balaban J connectivity index is 1.22. The number of hydrogen-bond donors (Lipinski definition) is 2. The summed E-state index contributed by atoms with van der Waals surface area (Å²) < 4.78 is 18.0. The molecule has 0 bridgehead atoms. The van der Waals surface area contributed by atoms with Crippen LogP contribution >= 0.6 is 0 Å². The number of aliphatic hydroxyl groups excluding tert-OH is 1. The summed E-state index contributed by atoms with van der Waals surface area (Å²) in [6, 6.07) is 10.3. The van der Waals surface area contributed by atoms with Crippen molar-refractivity contribution in [3.63, 3.8) is 0 Å². The number of rotatable bonds is 6. The predicted molar refractivity (Wildman–Crippen MR) is 142 cm³/mol. The number of likely N-dealkylation sites (tertiary alicyclic amines) is 1. The average Bonchev–Trinajstić information content (AvgIpc) is 3.61. The molecule has 1 atom stereocenters. The number of aliphatic hydroxyl groups is 1. The van der Waals surface area contributed by atoms with Gasteiger partial charge in [0.2, 0.25) is 0 Å². The molecular weight excluding hydrogens is 482 g/mol. The number of piperidine rings is 1. The zero-order chi connectivity index (χ0) is 26.1. The number of nitrogens with one attached hydrogen (secondary N) is 1. The summed E-state index contributed by atoms with van der Waals surface area (Å²) in [6.45, 7) is 5.26. The fraction of sp³-hybridized carbons (Fsp3) is 0.483. The largest absolute Gasteiger partial charge is 0.489 e. The normalized spacial score (nSPS) is 20.9. The van der Waals surface area contributed by atoms with E-state index in [1.54, 1.807) is 6.33 Å². The molecule has 2 saturated heterocycles. The molecule has 0 radical (unpaired) electrons. The van der Waals surface area contributed by atoms with Crippen molar-refractivity contribution in [3.8, 4) is 23.1 Å². The predicted octanol–water partition coefficient (Wildman–Crippen LogP) is 4.03. The molecule has 9 nitrogen and oxygen atoms in total. The summed E-state index contributed by atoms with van der Waals surface area (Å²) in [5, 5.41) is 20.2. The second kappa shape index (κ2) is 10.5. The molecule has 2 fully saturated rings. The molecule has 0 amide bonds. The van der Waals surface area contributed by atoms with Crippen LogP contribution in [0.5, 0.6) is 5.75 Å². The molecule has 2 aromatic heterocycles. The summed E-state index contributed by atoms with van der Waals surface area (Å²) >= 11 is 0. The first kappa shape index (κ1) is 25.0. The van der Waals surface area contributed by atoms with Gasteiger partial charge in [-0.1, -0.05) is 6.08 Å². The lowest BCUT2D eigenvalue weighted by Crippen LogP contribution is -2.44. The third-order valence-corrected chi connectivity index (χ3v) is 8.05. The van der Waals surface area contributed by atoms with Crippen LogP contribution in [-0.2, 0) is 9.47 Å². The van der Waals surface area contributed by atoms with E-state index in [0.29, 0.717) is 24.5 Å². The van der Waals surface area contributed by atoms with Crippen LogP contribution in [0, 0.1) is 11.3 Å². The minimum Gasteiger partial charge on any atom is -0.489 e. The van der Waals surface area contributed by atoms with Crippen molar-refractivity contribution < 1.29 is 19.3 Å². The molecule has 9 heteroatoms. The van der Waals surface area contributed by atoms with Gasteiger partial charge in [0.25, 0.3) is 0 Å². The Hall–Kier alpha value is -3.29. The molecule has 1 aliphatic carbocycles. The van der Waals surface area contributed by atoms with Gasteiger partial charge < -0.3 is 24.3 Å². The lowest BCUT2D eigenvalue weighted by Gasteiger charge is -2.35. The van der Waals surface area contributed by atoms with Gasteiger partial charge in [0.15, 0.2) is 5.79 Å². The summed E-state index contributed by atoms with van der Waals surface area (Å²) in [7, 11) is 0. The Labute approximate surface area is 222 Å². The van der Waals surface area contributed by atoms with E-state index < -0.39 is 5.79 Å². The number of hydrogen-bond acceptors (Lipinski definition) is 8. The number of aromatic nitrogens is 3. The molecule has 2 aliphatic heterocycles. The molecule has 198 valence electrons. The van der Waals surface area contributed by atoms with E-state index in [0.717, 1.165) is 73.2 Å². The average molecular weight is 516 g/mol. The topological polar surface area (TPSA) is 117 Å². The molecule has 3 aromatic rings. The van der Waals surface area contributed by atoms with Gasteiger partial charge in [-0.15, -0.1) is 0 Å². The van der Waals surface area contributed by atoms with Gasteiger partial charge in [-0.3, -0.25) is 4.90 Å². The van der Waals surface area contributed by atoms with Gasteiger partial charge in [0, 0.05) is 48.6 Å². The van der Waals surface area contributed by atoms with Crippen molar-refractivity contribution in [2.45, 2.75) is 57.0 Å². The third-order valence-electron chi connectivity index (χ3n) is 8.05. The number of aromatic amines is 1. The maximum absolute atomic E-state index is 9.91. The molecule has 4 heterocycles. The Morgan fingerprint density at radius 2 is 2.05 bits per heavy atom. The highest BCUT2D eigenvalue weighted by molar-refractivity contribution is 5.93. The van der Waals surface area contributed by atoms with Gasteiger partial charge in [-0.25, -0.2) is 9.97 Å². The standard InChI is InChI=1S/C29H33N5O4/c1-19(17-35)34-10-6-23(7-11-34)38-26-3-2-21(14-22(26)16-30)27-24-15-25(33-28(24)32-18-31-27)20-4-8-29(9-5-20)36-12-13-37-29/h2-4,14-15,18-19,23,35H,5-13,17H2,1H3,(H,31,32,33). The maximum atomic E-state index is 9.91. The molecule has 38 heavy (non-hydrogen) atoms. The van der Waals surface area contributed by atoms with E-state index in [9.17, 15) is 10.4 Å². The van der Waals surface area contributed by atoms with Crippen molar-refractivity contribution in [1.29, 1.82) is 5.26 Å². The molecule has 6 rings (SSSR count). The third kappa shape index (κ3) is 4.81. The van der Waals surface area contributed by atoms with Crippen molar-refractivity contribution in [3.05, 3.63) is 47.9 Å². The highest BCUT2D eigenvalue weighted by atomic mass is 16.7. The zero-order valence-electron chi connectivity index (χ0n) is 21.7. The zero-order valence-corrected chi connectivity index (χ0v) is 21.7. The summed E-state index contributed by atoms with van der Waals surface area (Å²) in [5.41, 5.74) is 5.14. The highest BCUT2D eigenvalue weighted by Crippen LogP contribution is 2.39. The Morgan fingerprint density at radius 3 is 2.76 bits per heavy atom. The van der Waals surface area contributed by atoms with E-state index in [-0.39, 0.29) is 18.8 Å². The second-order valence-electron chi connectivity index (χ2n) is 10.4. The first-order valence-electron chi connectivity index (χ1n) is 13.4. The van der Waals surface area contributed by atoms with Gasteiger partial charge >= 0.3 is 0 Å². The van der Waals surface area contributed by atoms with Crippen molar-refractivity contribution >= 4 is 16.6 Å². The Morgan fingerprint density at radius 1 is 1.24 bits per heavy atom. The molecule has 1 aromatic carbocycles. The molecule has 2 N–H and O–H groups in total. The van der Waals surface area contributed by atoms with E-state index in [2.05, 4.69) is 38.1 Å². The van der Waals surface area contributed by atoms with Crippen molar-refractivity contribution in [1.82, 2.24) is 19.9 Å². The quantitative estimate of drug-likeness (QED) is 0.505.